The molecular weight excluding hydrogens is 416 g/mol. The van der Waals surface area contributed by atoms with Gasteiger partial charge in [-0.15, -0.1) is 0 Å². The van der Waals surface area contributed by atoms with Crippen LogP contribution in [0.5, 0.6) is 0 Å². The van der Waals surface area contributed by atoms with Gasteiger partial charge in [0, 0.05) is 55.0 Å². The van der Waals surface area contributed by atoms with E-state index in [2.05, 4.69) is 31.5 Å². The van der Waals surface area contributed by atoms with Crippen LogP contribution in [0.1, 0.15) is 52.9 Å². The van der Waals surface area contributed by atoms with Crippen molar-refractivity contribution in [2.45, 2.75) is 43.9 Å². The van der Waals surface area contributed by atoms with Crippen LogP contribution in [-0.2, 0) is 18.3 Å². The quantitative estimate of drug-likeness (QED) is 0.644. The first-order valence-corrected chi connectivity index (χ1v) is 12.1. The van der Waals surface area contributed by atoms with Crippen LogP contribution in [0.15, 0.2) is 23.0 Å². The summed E-state index contributed by atoms with van der Waals surface area (Å²) >= 11 is 0. The van der Waals surface area contributed by atoms with E-state index in [1.54, 1.807) is 0 Å². The number of aryl methyl sites for hydroxylation is 1. The van der Waals surface area contributed by atoms with Gasteiger partial charge in [0.2, 0.25) is 5.95 Å². The van der Waals surface area contributed by atoms with Crippen molar-refractivity contribution >= 4 is 17.5 Å². The van der Waals surface area contributed by atoms with Crippen LogP contribution in [0.25, 0.3) is 0 Å². The van der Waals surface area contributed by atoms with Gasteiger partial charge in [0.15, 0.2) is 0 Å². The lowest BCUT2D eigenvalue weighted by Gasteiger charge is -2.39. The molecule has 0 bridgehead atoms. The molecule has 8 nitrogen and oxygen atoms in total. The van der Waals surface area contributed by atoms with Crippen molar-refractivity contribution in [3.63, 3.8) is 0 Å². The molecular formula is C25H34N6O2. The largest absolute Gasteiger partial charge is 0.384 e. The summed E-state index contributed by atoms with van der Waals surface area (Å²) in [5.74, 6) is 0.700. The van der Waals surface area contributed by atoms with Crippen LogP contribution in [-0.4, -0.2) is 67.6 Å². The van der Waals surface area contributed by atoms with Crippen LogP contribution in [0.2, 0.25) is 0 Å². The van der Waals surface area contributed by atoms with Gasteiger partial charge >= 0.3 is 0 Å². The van der Waals surface area contributed by atoms with Crippen molar-refractivity contribution in [1.82, 2.24) is 20.2 Å². The van der Waals surface area contributed by atoms with Crippen LogP contribution in [0.3, 0.4) is 0 Å². The maximum Gasteiger partial charge on any atom is 0.255 e. The molecule has 33 heavy (non-hydrogen) atoms. The Morgan fingerprint density at radius 3 is 2.79 bits per heavy atom. The van der Waals surface area contributed by atoms with Gasteiger partial charge < -0.3 is 20.4 Å². The first kappa shape index (κ1) is 21.9. The molecule has 3 aliphatic rings. The van der Waals surface area contributed by atoms with E-state index in [1.165, 1.54) is 5.56 Å². The molecule has 1 saturated heterocycles. The molecule has 1 amide bonds. The Labute approximate surface area is 194 Å². The highest BCUT2D eigenvalue weighted by Crippen LogP contribution is 2.44. The van der Waals surface area contributed by atoms with Gasteiger partial charge in [-0.1, -0.05) is 0 Å². The van der Waals surface area contributed by atoms with E-state index < -0.39 is 0 Å². The summed E-state index contributed by atoms with van der Waals surface area (Å²) < 4.78 is 0. The highest BCUT2D eigenvalue weighted by atomic mass is 16.1. The molecule has 1 aromatic heterocycles. The Kier molecular flexibility index (Phi) is 5.86. The minimum Gasteiger partial charge on any atom is -0.384 e. The van der Waals surface area contributed by atoms with Crippen molar-refractivity contribution in [2.75, 3.05) is 57.0 Å². The number of benzene rings is 1. The number of nitrogens with one attached hydrogen (secondary N) is 3. The number of carbonyl (C=O) groups is 1. The van der Waals surface area contributed by atoms with Crippen molar-refractivity contribution < 1.29 is 4.79 Å². The summed E-state index contributed by atoms with van der Waals surface area (Å²) in [6, 6.07) is 6.03. The summed E-state index contributed by atoms with van der Waals surface area (Å²) in [4.78, 5) is 37.4. The number of piperidine rings is 1. The summed E-state index contributed by atoms with van der Waals surface area (Å²) in [6.07, 6.45) is 5.85. The van der Waals surface area contributed by atoms with Crippen LogP contribution in [0.4, 0.5) is 11.6 Å². The van der Waals surface area contributed by atoms with Crippen molar-refractivity contribution in [3.8, 4) is 0 Å². The molecule has 1 fully saturated rings. The van der Waals surface area contributed by atoms with Gasteiger partial charge in [-0.05, 0) is 76.4 Å². The van der Waals surface area contributed by atoms with E-state index >= 15 is 0 Å². The monoisotopic (exact) mass is 450 g/mol. The number of nitrogens with zero attached hydrogens (tertiary/aromatic N) is 3. The Morgan fingerprint density at radius 2 is 2.00 bits per heavy atom. The lowest BCUT2D eigenvalue weighted by molar-refractivity contribution is 0.0951. The standard InChI is InChI=1S/C25H34N6O2/c1-30(2)14-11-26-22(32)17-7-8-21-19(15-17)25(16-27-21)9-12-31(13-10-25)24-28-20-6-4-3-5-18(20)23(33)29-24/h7-8,15,27H,3-6,9-14,16H2,1-2H3,(H,26,32)(H,28,29,33). The number of amides is 1. The van der Waals surface area contributed by atoms with E-state index in [0.29, 0.717) is 6.54 Å². The minimum atomic E-state index is -0.0185. The molecule has 2 aromatic rings. The van der Waals surface area contributed by atoms with Crippen molar-refractivity contribution in [1.29, 1.82) is 0 Å². The number of aromatic nitrogens is 2. The highest BCUT2D eigenvalue weighted by Gasteiger charge is 2.42. The van der Waals surface area contributed by atoms with Gasteiger partial charge in [-0.3, -0.25) is 14.6 Å². The average molecular weight is 451 g/mol. The smallest absolute Gasteiger partial charge is 0.255 e. The maximum atomic E-state index is 12.7. The van der Waals surface area contributed by atoms with Gasteiger partial charge in [0.05, 0.1) is 5.69 Å². The molecule has 1 aliphatic carbocycles. The lowest BCUT2D eigenvalue weighted by atomic mass is 9.74. The molecule has 8 heteroatoms. The fourth-order valence-corrected chi connectivity index (χ4v) is 5.47. The predicted molar refractivity (Wildman–Crippen MR) is 130 cm³/mol. The zero-order chi connectivity index (χ0) is 23.0. The number of hydrogen-bond acceptors (Lipinski definition) is 6. The fourth-order valence-electron chi connectivity index (χ4n) is 5.47. The third-order valence-corrected chi connectivity index (χ3v) is 7.51. The molecule has 3 N–H and O–H groups in total. The number of hydrogen-bond donors (Lipinski definition) is 3. The molecule has 0 saturated carbocycles. The SMILES string of the molecule is CN(C)CCNC(=O)c1ccc2c(c1)C1(CCN(c3nc4c(c(=O)[nH]3)CCCC4)CC1)CN2. The first-order chi connectivity index (χ1) is 15.9. The molecule has 176 valence electrons. The Bertz CT molecular complexity index is 1100. The van der Waals surface area contributed by atoms with Gasteiger partial charge in [-0.25, -0.2) is 4.98 Å². The third kappa shape index (κ3) is 4.24. The van der Waals surface area contributed by atoms with Gasteiger partial charge in [0.1, 0.15) is 0 Å². The minimum absolute atomic E-state index is 0.0141. The summed E-state index contributed by atoms with van der Waals surface area (Å²) in [6.45, 7) is 4.00. The second kappa shape index (κ2) is 8.82. The number of anilines is 2. The molecule has 5 rings (SSSR count). The van der Waals surface area contributed by atoms with Crippen molar-refractivity contribution in [3.05, 3.63) is 50.9 Å². The zero-order valence-corrected chi connectivity index (χ0v) is 19.7. The van der Waals surface area contributed by atoms with Crippen LogP contribution >= 0.6 is 0 Å². The first-order valence-electron chi connectivity index (χ1n) is 12.1. The van der Waals surface area contributed by atoms with E-state index in [0.717, 1.165) is 93.2 Å². The normalized spacial score (nSPS) is 18.7. The number of likely N-dealkylation sites (N-methyl/N-ethyl adjacent to an activating group) is 1. The predicted octanol–water partition coefficient (Wildman–Crippen LogP) is 1.90. The van der Waals surface area contributed by atoms with E-state index in [-0.39, 0.29) is 16.9 Å². The molecule has 0 radical (unpaired) electrons. The summed E-state index contributed by atoms with van der Waals surface area (Å²) in [7, 11) is 4.00. The number of rotatable bonds is 5. The molecule has 3 heterocycles. The zero-order valence-electron chi connectivity index (χ0n) is 19.7. The number of H-pyrrole nitrogens is 1. The molecule has 1 aromatic carbocycles. The number of carbonyl (C=O) groups excluding carboxylic acids is 1. The number of aromatic amines is 1. The topological polar surface area (TPSA) is 93.4 Å². The van der Waals surface area contributed by atoms with E-state index in [4.69, 9.17) is 4.98 Å². The molecule has 1 spiro atoms. The third-order valence-electron chi connectivity index (χ3n) is 7.51. The van der Waals surface area contributed by atoms with Gasteiger partial charge in [0.25, 0.3) is 11.5 Å². The summed E-state index contributed by atoms with van der Waals surface area (Å²) in [5, 5.41) is 6.58. The average Bonchev–Trinajstić information content (AvgIpc) is 3.16. The van der Waals surface area contributed by atoms with Crippen LogP contribution < -0.4 is 21.1 Å². The number of fused-ring (bicyclic) bond motifs is 3. The Hall–Kier alpha value is -2.87. The van der Waals surface area contributed by atoms with E-state index in [9.17, 15) is 9.59 Å². The van der Waals surface area contributed by atoms with Gasteiger partial charge in [-0.2, -0.15) is 0 Å². The second-order valence-electron chi connectivity index (χ2n) is 9.96. The second-order valence-corrected chi connectivity index (χ2v) is 9.96. The molecule has 0 atom stereocenters. The maximum absolute atomic E-state index is 12.7. The Balaban J connectivity index is 1.31. The van der Waals surface area contributed by atoms with E-state index in [1.807, 2.05) is 26.2 Å². The van der Waals surface area contributed by atoms with Crippen LogP contribution in [0, 0.1) is 0 Å². The lowest BCUT2D eigenvalue weighted by Crippen LogP contribution is -2.45. The summed E-state index contributed by atoms with van der Waals surface area (Å²) in [5.41, 5.74) is 5.01. The highest BCUT2D eigenvalue weighted by molar-refractivity contribution is 5.95. The Morgan fingerprint density at radius 1 is 1.21 bits per heavy atom. The van der Waals surface area contributed by atoms with Crippen molar-refractivity contribution in [2.24, 2.45) is 0 Å². The molecule has 0 unspecified atom stereocenters. The fraction of sp³-hybridized carbons (Fsp3) is 0.560. The molecule has 2 aliphatic heterocycles.